The van der Waals surface area contributed by atoms with Crippen LogP contribution in [0.2, 0.25) is 0 Å². The quantitative estimate of drug-likeness (QED) is 0.169. The summed E-state index contributed by atoms with van der Waals surface area (Å²) in [6, 6.07) is 23.6. The summed E-state index contributed by atoms with van der Waals surface area (Å²) >= 11 is 0. The van der Waals surface area contributed by atoms with Crippen molar-refractivity contribution in [2.75, 3.05) is 14.1 Å². The van der Waals surface area contributed by atoms with Gasteiger partial charge in [0.15, 0.2) is 0 Å². The van der Waals surface area contributed by atoms with E-state index in [1.54, 1.807) is 12.1 Å². The van der Waals surface area contributed by atoms with Crippen molar-refractivity contribution in [2.24, 2.45) is 0 Å². The molecule has 0 fully saturated rings. The molecular weight excluding hydrogens is 608 g/mol. The van der Waals surface area contributed by atoms with Crippen LogP contribution >= 0.6 is 0 Å². The van der Waals surface area contributed by atoms with E-state index >= 15 is 0 Å². The van der Waals surface area contributed by atoms with Crippen LogP contribution < -0.4 is 40.0 Å². The maximum absolute atomic E-state index is 14.2. The molecule has 0 unspecified atom stereocenters. The SMILES string of the molecule is CC(C)n1c(CC[C@@H](O)C[C@@H](O)CC(=O)[O-])c(-c2ccc(F)cc2)c(-c2ccccc2)c1C(=O)NCc1ccc(CN(C)C)cc1.[Na+]. The van der Waals surface area contributed by atoms with Gasteiger partial charge in [-0.2, -0.15) is 0 Å². The molecule has 2 atom stereocenters. The third kappa shape index (κ3) is 10.3. The Hall–Kier alpha value is -3.31. The molecule has 4 aromatic rings. The number of aromatic nitrogens is 1. The van der Waals surface area contributed by atoms with Crippen molar-refractivity contribution in [3.63, 3.8) is 0 Å². The van der Waals surface area contributed by atoms with Gasteiger partial charge in [-0.1, -0.05) is 66.7 Å². The van der Waals surface area contributed by atoms with E-state index in [2.05, 4.69) is 10.2 Å². The zero-order valence-electron chi connectivity index (χ0n) is 27.9. The van der Waals surface area contributed by atoms with Gasteiger partial charge < -0.3 is 34.9 Å². The molecule has 0 saturated carbocycles. The average molecular weight is 652 g/mol. The minimum absolute atomic E-state index is 0. The first kappa shape index (κ1) is 38.1. The summed E-state index contributed by atoms with van der Waals surface area (Å²) in [5.74, 6) is -2.05. The van der Waals surface area contributed by atoms with Gasteiger partial charge in [-0.15, -0.1) is 0 Å². The predicted octanol–water partition coefficient (Wildman–Crippen LogP) is 1.72. The minimum Gasteiger partial charge on any atom is -0.550 e. The molecule has 0 bridgehead atoms. The molecule has 0 aliphatic rings. The fraction of sp³-hybridized carbons (Fsp3) is 0.351. The number of carbonyl (C=O) groups is 2. The zero-order chi connectivity index (χ0) is 33.4. The van der Waals surface area contributed by atoms with Gasteiger partial charge in [0.1, 0.15) is 11.5 Å². The number of hydrogen-bond acceptors (Lipinski definition) is 6. The molecule has 0 saturated heterocycles. The molecule has 1 heterocycles. The van der Waals surface area contributed by atoms with Crippen molar-refractivity contribution in [1.82, 2.24) is 14.8 Å². The van der Waals surface area contributed by atoms with Crippen molar-refractivity contribution in [1.29, 1.82) is 0 Å². The number of aliphatic hydroxyl groups is 2. The van der Waals surface area contributed by atoms with E-state index < -0.39 is 24.6 Å². The Kier molecular flexibility index (Phi) is 14.4. The van der Waals surface area contributed by atoms with Crippen LogP contribution in [0.4, 0.5) is 4.39 Å². The molecular formula is C37H43FN3NaO5. The number of nitrogens with zero attached hydrogens (tertiary/aromatic N) is 2. The molecule has 0 aliphatic carbocycles. The molecule has 47 heavy (non-hydrogen) atoms. The number of rotatable bonds is 15. The molecule has 0 aliphatic heterocycles. The van der Waals surface area contributed by atoms with Gasteiger partial charge in [0.25, 0.3) is 5.91 Å². The number of aliphatic hydroxyl groups excluding tert-OH is 2. The van der Waals surface area contributed by atoms with Crippen LogP contribution in [-0.2, 0) is 24.3 Å². The van der Waals surface area contributed by atoms with Gasteiger partial charge >= 0.3 is 29.6 Å². The van der Waals surface area contributed by atoms with Crippen molar-refractivity contribution in [3.8, 4) is 22.3 Å². The Balaban J connectivity index is 0.00000600. The summed E-state index contributed by atoms with van der Waals surface area (Å²) in [6.45, 7) is 5.09. The van der Waals surface area contributed by atoms with E-state index in [0.29, 0.717) is 29.8 Å². The second kappa shape index (κ2) is 17.7. The number of hydrogen-bond donors (Lipinski definition) is 3. The van der Waals surface area contributed by atoms with Crippen molar-refractivity contribution in [2.45, 2.75) is 70.9 Å². The molecule has 3 aromatic carbocycles. The number of aliphatic carboxylic acids is 1. The smallest absolute Gasteiger partial charge is 0.550 e. The van der Waals surface area contributed by atoms with E-state index in [4.69, 9.17) is 0 Å². The Morgan fingerprint density at radius 2 is 1.47 bits per heavy atom. The molecule has 0 radical (unpaired) electrons. The second-order valence-electron chi connectivity index (χ2n) is 12.3. The average Bonchev–Trinajstić information content (AvgIpc) is 3.35. The Morgan fingerprint density at radius 3 is 2.04 bits per heavy atom. The van der Waals surface area contributed by atoms with E-state index in [-0.39, 0.29) is 60.2 Å². The topological polar surface area (TPSA) is 118 Å². The molecule has 3 N–H and O–H groups in total. The number of carbonyl (C=O) groups excluding carboxylic acids is 2. The van der Waals surface area contributed by atoms with Gasteiger partial charge in [0.2, 0.25) is 0 Å². The van der Waals surface area contributed by atoms with Gasteiger partial charge in [-0.25, -0.2) is 4.39 Å². The van der Waals surface area contributed by atoms with Crippen LogP contribution in [-0.4, -0.2) is 57.9 Å². The summed E-state index contributed by atoms with van der Waals surface area (Å²) in [4.78, 5) is 27.3. The van der Waals surface area contributed by atoms with Crippen LogP contribution in [0.5, 0.6) is 0 Å². The van der Waals surface area contributed by atoms with Gasteiger partial charge in [-0.05, 0) is 81.6 Å². The van der Waals surface area contributed by atoms with Crippen molar-refractivity contribution < 1.29 is 58.9 Å². The third-order valence-corrected chi connectivity index (χ3v) is 7.87. The first-order chi connectivity index (χ1) is 21.9. The standard InChI is InChI=1S/C37H44FN3O5.Na/c1-24(2)41-32(19-18-30(42)20-31(43)21-33(44)45)34(28-14-16-29(38)17-15-28)35(27-8-6-5-7-9-27)36(41)37(46)39-22-25-10-12-26(13-11-25)23-40(3)4;/h5-17,24,30-31,42-43H,18-23H2,1-4H3,(H,39,46)(H,44,45);/q;+1/p-1/t30-,31-;/m1./s1. The van der Waals surface area contributed by atoms with E-state index in [1.807, 2.05) is 87.1 Å². The first-order valence-electron chi connectivity index (χ1n) is 15.6. The maximum Gasteiger partial charge on any atom is 1.00 e. The molecule has 8 nitrogen and oxygen atoms in total. The van der Waals surface area contributed by atoms with Crippen LogP contribution in [0.1, 0.15) is 66.5 Å². The van der Waals surface area contributed by atoms with E-state index in [9.17, 15) is 29.3 Å². The summed E-state index contributed by atoms with van der Waals surface area (Å²) in [7, 11) is 4.02. The fourth-order valence-corrected chi connectivity index (χ4v) is 5.89. The minimum atomic E-state index is -1.39. The molecule has 1 amide bonds. The monoisotopic (exact) mass is 651 g/mol. The molecule has 4 rings (SSSR count). The normalized spacial score (nSPS) is 12.5. The Morgan fingerprint density at radius 1 is 0.872 bits per heavy atom. The number of carboxylic acids is 1. The van der Waals surface area contributed by atoms with Crippen LogP contribution in [0.3, 0.4) is 0 Å². The molecule has 10 heteroatoms. The second-order valence-corrected chi connectivity index (χ2v) is 12.3. The number of nitrogens with one attached hydrogen (secondary N) is 1. The fourth-order valence-electron chi connectivity index (χ4n) is 5.89. The van der Waals surface area contributed by atoms with Gasteiger partial charge in [-0.3, -0.25) is 4.79 Å². The van der Waals surface area contributed by atoms with Gasteiger partial charge in [0.05, 0.1) is 12.2 Å². The van der Waals surface area contributed by atoms with E-state index in [0.717, 1.165) is 28.9 Å². The van der Waals surface area contributed by atoms with Crippen molar-refractivity contribution >= 4 is 11.9 Å². The predicted molar refractivity (Wildman–Crippen MR) is 175 cm³/mol. The van der Waals surface area contributed by atoms with Crippen LogP contribution in [0, 0.1) is 5.82 Å². The first-order valence-corrected chi connectivity index (χ1v) is 15.6. The maximum atomic E-state index is 14.2. The Labute approximate surface area is 298 Å². The molecule has 0 spiro atoms. The summed E-state index contributed by atoms with van der Waals surface area (Å²) in [6.07, 6.45) is -2.44. The van der Waals surface area contributed by atoms with E-state index in [1.165, 1.54) is 17.7 Å². The van der Waals surface area contributed by atoms with Gasteiger partial charge in [0, 0.05) is 48.3 Å². The number of amides is 1. The number of benzene rings is 3. The summed E-state index contributed by atoms with van der Waals surface area (Å²) in [5, 5.41) is 34.9. The molecule has 1 aromatic heterocycles. The molecule has 244 valence electrons. The number of halogens is 1. The van der Waals surface area contributed by atoms with Crippen LogP contribution in [0.15, 0.2) is 78.9 Å². The number of carboxylic acid groups (broad SMARTS) is 1. The van der Waals surface area contributed by atoms with Crippen LogP contribution in [0.25, 0.3) is 22.3 Å². The summed E-state index contributed by atoms with van der Waals surface area (Å²) < 4.78 is 16.1. The third-order valence-electron chi connectivity index (χ3n) is 7.87. The Bertz CT molecular complexity index is 1610. The zero-order valence-corrected chi connectivity index (χ0v) is 29.9. The van der Waals surface area contributed by atoms with Crippen molar-refractivity contribution in [3.05, 3.63) is 107 Å². The summed E-state index contributed by atoms with van der Waals surface area (Å²) in [5.41, 5.74) is 6.32. The largest absolute Gasteiger partial charge is 1.00 e.